The fraction of sp³-hybridized carbons (Fsp3) is 0.600. The molecule has 1 aromatic carbocycles. The minimum Gasteiger partial charge on any atom is -0.491 e. The average molecular weight is 247 g/mol. The van der Waals surface area contributed by atoms with E-state index in [2.05, 4.69) is 30.4 Å². The quantitative estimate of drug-likeness (QED) is 0.889. The second-order valence-corrected chi connectivity index (χ2v) is 5.55. The third-order valence-electron chi connectivity index (χ3n) is 3.91. The number of nitrogens with one attached hydrogen (secondary N) is 1. The summed E-state index contributed by atoms with van der Waals surface area (Å²) in [4.78, 5) is 0. The molecule has 2 aliphatic rings. The SMILES string of the molecule is CC1(COc2ccc3c(c2)CNCC3)CCCO1. The smallest absolute Gasteiger partial charge is 0.119 e. The largest absolute Gasteiger partial charge is 0.491 e. The number of benzene rings is 1. The van der Waals surface area contributed by atoms with E-state index in [-0.39, 0.29) is 5.60 Å². The van der Waals surface area contributed by atoms with Crippen LogP contribution >= 0.6 is 0 Å². The predicted molar refractivity (Wildman–Crippen MR) is 70.9 cm³/mol. The van der Waals surface area contributed by atoms with Gasteiger partial charge in [-0.05, 0) is 56.0 Å². The first-order valence-corrected chi connectivity index (χ1v) is 6.84. The lowest BCUT2D eigenvalue weighted by atomic mass is 10.0. The van der Waals surface area contributed by atoms with E-state index in [0.29, 0.717) is 6.61 Å². The molecule has 0 aromatic heterocycles. The average Bonchev–Trinajstić information content (AvgIpc) is 2.84. The van der Waals surface area contributed by atoms with Crippen molar-refractivity contribution < 1.29 is 9.47 Å². The maximum atomic E-state index is 5.91. The Bertz CT molecular complexity index is 425. The van der Waals surface area contributed by atoms with Crippen LogP contribution in [0.3, 0.4) is 0 Å². The van der Waals surface area contributed by atoms with Gasteiger partial charge in [-0.2, -0.15) is 0 Å². The summed E-state index contributed by atoms with van der Waals surface area (Å²) in [5, 5.41) is 3.39. The van der Waals surface area contributed by atoms with Crippen LogP contribution in [0.15, 0.2) is 18.2 Å². The summed E-state index contributed by atoms with van der Waals surface area (Å²) in [7, 11) is 0. The predicted octanol–water partition coefficient (Wildman–Crippen LogP) is 2.28. The standard InChI is InChI=1S/C15H21NO2/c1-15(6-2-8-18-15)11-17-14-4-3-12-5-7-16-10-13(12)9-14/h3-4,9,16H,2,5-8,10-11H2,1H3. The summed E-state index contributed by atoms with van der Waals surface area (Å²) in [6, 6.07) is 6.45. The van der Waals surface area contributed by atoms with Crippen molar-refractivity contribution in [2.45, 2.75) is 38.3 Å². The van der Waals surface area contributed by atoms with Crippen LogP contribution in [0.5, 0.6) is 5.75 Å². The Morgan fingerprint density at radius 3 is 3.17 bits per heavy atom. The third-order valence-corrected chi connectivity index (χ3v) is 3.91. The van der Waals surface area contributed by atoms with Gasteiger partial charge in [0.2, 0.25) is 0 Å². The minimum absolute atomic E-state index is 0.0891. The van der Waals surface area contributed by atoms with E-state index >= 15 is 0 Å². The molecule has 0 spiro atoms. The highest BCUT2D eigenvalue weighted by Crippen LogP contribution is 2.27. The molecule has 0 radical (unpaired) electrons. The zero-order valence-corrected chi connectivity index (χ0v) is 11.0. The molecule has 1 unspecified atom stereocenters. The Kier molecular flexibility index (Phi) is 3.27. The van der Waals surface area contributed by atoms with Gasteiger partial charge in [0.25, 0.3) is 0 Å². The second-order valence-electron chi connectivity index (χ2n) is 5.55. The molecule has 3 rings (SSSR count). The topological polar surface area (TPSA) is 30.5 Å². The molecule has 0 amide bonds. The summed E-state index contributed by atoms with van der Waals surface area (Å²) in [6.07, 6.45) is 3.36. The van der Waals surface area contributed by atoms with Crippen molar-refractivity contribution >= 4 is 0 Å². The van der Waals surface area contributed by atoms with Gasteiger partial charge >= 0.3 is 0 Å². The Morgan fingerprint density at radius 2 is 2.33 bits per heavy atom. The zero-order chi connectivity index (χ0) is 12.4. The van der Waals surface area contributed by atoms with Gasteiger partial charge in [-0.3, -0.25) is 0 Å². The van der Waals surface area contributed by atoms with E-state index in [1.54, 1.807) is 0 Å². The van der Waals surface area contributed by atoms with Crippen LogP contribution in [0.1, 0.15) is 30.9 Å². The second kappa shape index (κ2) is 4.90. The molecule has 0 bridgehead atoms. The lowest BCUT2D eigenvalue weighted by molar-refractivity contribution is -0.0159. The number of rotatable bonds is 3. The van der Waals surface area contributed by atoms with E-state index in [4.69, 9.17) is 9.47 Å². The first-order valence-electron chi connectivity index (χ1n) is 6.84. The minimum atomic E-state index is -0.0891. The lowest BCUT2D eigenvalue weighted by Crippen LogP contribution is -2.31. The van der Waals surface area contributed by atoms with Gasteiger partial charge in [0.15, 0.2) is 0 Å². The van der Waals surface area contributed by atoms with Gasteiger partial charge in [0, 0.05) is 13.2 Å². The van der Waals surface area contributed by atoms with Crippen LogP contribution in [-0.2, 0) is 17.7 Å². The van der Waals surface area contributed by atoms with Crippen LogP contribution in [0.2, 0.25) is 0 Å². The van der Waals surface area contributed by atoms with E-state index in [9.17, 15) is 0 Å². The maximum absolute atomic E-state index is 5.91. The molecule has 2 heterocycles. The molecular weight excluding hydrogens is 226 g/mol. The summed E-state index contributed by atoms with van der Waals surface area (Å²) in [6.45, 7) is 5.70. The van der Waals surface area contributed by atoms with Crippen LogP contribution in [0.25, 0.3) is 0 Å². The molecule has 1 saturated heterocycles. The maximum Gasteiger partial charge on any atom is 0.119 e. The summed E-state index contributed by atoms with van der Waals surface area (Å²) in [5.41, 5.74) is 2.73. The summed E-state index contributed by atoms with van der Waals surface area (Å²) in [5.74, 6) is 0.967. The first kappa shape index (κ1) is 12.0. The van der Waals surface area contributed by atoms with Crippen molar-refractivity contribution in [3.8, 4) is 5.75 Å². The van der Waals surface area contributed by atoms with E-state index < -0.39 is 0 Å². The van der Waals surface area contributed by atoms with E-state index in [0.717, 1.165) is 44.7 Å². The highest BCUT2D eigenvalue weighted by atomic mass is 16.5. The molecule has 2 aliphatic heterocycles. The molecule has 0 saturated carbocycles. The van der Waals surface area contributed by atoms with Gasteiger partial charge in [0.05, 0.1) is 5.60 Å². The van der Waals surface area contributed by atoms with Gasteiger partial charge in [0.1, 0.15) is 12.4 Å². The Labute approximate surface area is 108 Å². The Morgan fingerprint density at radius 1 is 1.39 bits per heavy atom. The number of hydrogen-bond donors (Lipinski definition) is 1. The molecular formula is C15H21NO2. The van der Waals surface area contributed by atoms with Crippen molar-refractivity contribution in [3.05, 3.63) is 29.3 Å². The molecule has 1 atom stereocenters. The number of ether oxygens (including phenoxy) is 2. The van der Waals surface area contributed by atoms with Gasteiger partial charge in [-0.25, -0.2) is 0 Å². The summed E-state index contributed by atoms with van der Waals surface area (Å²) >= 11 is 0. The van der Waals surface area contributed by atoms with Crippen molar-refractivity contribution in [2.75, 3.05) is 19.8 Å². The van der Waals surface area contributed by atoms with Gasteiger partial charge < -0.3 is 14.8 Å². The van der Waals surface area contributed by atoms with Gasteiger partial charge in [-0.15, -0.1) is 0 Å². The summed E-state index contributed by atoms with van der Waals surface area (Å²) < 4.78 is 11.6. The first-order chi connectivity index (χ1) is 8.75. The molecule has 3 heteroatoms. The van der Waals surface area contributed by atoms with Crippen LogP contribution in [0, 0.1) is 0 Å². The fourth-order valence-corrected chi connectivity index (χ4v) is 2.73. The molecule has 0 aliphatic carbocycles. The van der Waals surface area contributed by atoms with E-state index in [1.165, 1.54) is 11.1 Å². The molecule has 3 nitrogen and oxygen atoms in total. The number of fused-ring (bicyclic) bond motifs is 1. The lowest BCUT2D eigenvalue weighted by Gasteiger charge is -2.24. The van der Waals surface area contributed by atoms with E-state index in [1.807, 2.05) is 0 Å². The number of hydrogen-bond acceptors (Lipinski definition) is 3. The van der Waals surface area contributed by atoms with Crippen LogP contribution in [0.4, 0.5) is 0 Å². The van der Waals surface area contributed by atoms with Crippen molar-refractivity contribution in [1.29, 1.82) is 0 Å². The van der Waals surface area contributed by atoms with Crippen LogP contribution in [-0.4, -0.2) is 25.4 Å². The Balaban J connectivity index is 1.66. The molecule has 1 aromatic rings. The third kappa shape index (κ3) is 2.52. The van der Waals surface area contributed by atoms with Crippen LogP contribution < -0.4 is 10.1 Å². The van der Waals surface area contributed by atoms with Crippen molar-refractivity contribution in [2.24, 2.45) is 0 Å². The molecule has 18 heavy (non-hydrogen) atoms. The van der Waals surface area contributed by atoms with Gasteiger partial charge in [-0.1, -0.05) is 6.07 Å². The van der Waals surface area contributed by atoms with Crippen molar-refractivity contribution in [1.82, 2.24) is 5.32 Å². The highest BCUT2D eigenvalue weighted by molar-refractivity contribution is 5.37. The normalized spacial score (nSPS) is 26.9. The monoisotopic (exact) mass is 247 g/mol. The molecule has 1 fully saturated rings. The molecule has 98 valence electrons. The molecule has 1 N–H and O–H groups in total. The van der Waals surface area contributed by atoms with Crippen molar-refractivity contribution in [3.63, 3.8) is 0 Å². The highest BCUT2D eigenvalue weighted by Gasteiger charge is 2.30. The zero-order valence-electron chi connectivity index (χ0n) is 11.0. The Hall–Kier alpha value is -1.06. The fourth-order valence-electron chi connectivity index (χ4n) is 2.73.